The van der Waals surface area contributed by atoms with Crippen LogP contribution in [0, 0.1) is 12.8 Å². The summed E-state index contributed by atoms with van der Waals surface area (Å²) in [5, 5.41) is 3.32. The van der Waals surface area contributed by atoms with Crippen LogP contribution in [0.15, 0.2) is 6.07 Å². The minimum absolute atomic E-state index is 0.716. The first-order valence-electron chi connectivity index (χ1n) is 6.83. The second-order valence-electron chi connectivity index (χ2n) is 5.19. The van der Waals surface area contributed by atoms with Gasteiger partial charge in [0, 0.05) is 26.2 Å². The predicted octanol–water partition coefficient (Wildman–Crippen LogP) is 3.09. The molecule has 0 aromatic carbocycles. The second-order valence-corrected chi connectivity index (χ2v) is 5.19. The van der Waals surface area contributed by atoms with Gasteiger partial charge in [-0.1, -0.05) is 20.8 Å². The molecule has 0 aliphatic heterocycles. The molecule has 4 nitrogen and oxygen atoms in total. The van der Waals surface area contributed by atoms with Gasteiger partial charge in [0.05, 0.1) is 0 Å². The number of nitrogens with zero attached hydrogens (tertiary/aromatic N) is 3. The molecule has 0 aliphatic carbocycles. The molecule has 1 heterocycles. The third-order valence-electron chi connectivity index (χ3n) is 2.81. The molecular weight excluding hydrogens is 224 g/mol. The molecule has 1 aromatic rings. The quantitative estimate of drug-likeness (QED) is 0.807. The lowest BCUT2D eigenvalue weighted by Crippen LogP contribution is -2.21. The average Bonchev–Trinajstić information content (AvgIpc) is 2.32. The molecule has 0 saturated heterocycles. The largest absolute Gasteiger partial charge is 0.370 e. The highest BCUT2D eigenvalue weighted by Gasteiger charge is 2.07. The van der Waals surface area contributed by atoms with Gasteiger partial charge in [-0.25, -0.2) is 9.97 Å². The minimum Gasteiger partial charge on any atom is -0.370 e. The van der Waals surface area contributed by atoms with E-state index in [1.54, 1.807) is 0 Å². The molecule has 0 saturated carbocycles. The molecule has 0 bridgehead atoms. The molecule has 1 N–H and O–H groups in total. The SMILES string of the molecule is CCCNc1cc(N(C)CCC(C)C)nc(C)n1. The van der Waals surface area contributed by atoms with E-state index in [1.807, 2.05) is 13.0 Å². The van der Waals surface area contributed by atoms with Gasteiger partial charge in [0.15, 0.2) is 0 Å². The van der Waals surface area contributed by atoms with Crippen LogP contribution in [0.4, 0.5) is 11.6 Å². The molecule has 0 spiro atoms. The van der Waals surface area contributed by atoms with Gasteiger partial charge in [-0.15, -0.1) is 0 Å². The van der Waals surface area contributed by atoms with Crippen LogP contribution in [-0.4, -0.2) is 30.1 Å². The number of aromatic nitrogens is 2. The molecule has 1 rings (SSSR count). The van der Waals surface area contributed by atoms with Crippen molar-refractivity contribution in [2.45, 2.75) is 40.5 Å². The van der Waals surface area contributed by atoms with E-state index in [1.165, 1.54) is 6.42 Å². The first kappa shape index (κ1) is 14.7. The molecule has 0 aliphatic rings. The topological polar surface area (TPSA) is 41.0 Å². The zero-order valence-electron chi connectivity index (χ0n) is 12.3. The number of rotatable bonds is 7. The van der Waals surface area contributed by atoms with Crippen molar-refractivity contribution in [2.75, 3.05) is 30.4 Å². The Morgan fingerprint density at radius 3 is 2.67 bits per heavy atom. The number of anilines is 2. The Morgan fingerprint density at radius 1 is 1.33 bits per heavy atom. The van der Waals surface area contributed by atoms with Crippen LogP contribution >= 0.6 is 0 Å². The van der Waals surface area contributed by atoms with Crippen LogP contribution in [0.1, 0.15) is 39.4 Å². The fourth-order valence-corrected chi connectivity index (χ4v) is 1.66. The molecule has 0 atom stereocenters. The predicted molar refractivity (Wildman–Crippen MR) is 78.3 cm³/mol. The number of aryl methyl sites for hydroxylation is 1. The highest BCUT2D eigenvalue weighted by Crippen LogP contribution is 2.15. The van der Waals surface area contributed by atoms with Crippen LogP contribution in [0.5, 0.6) is 0 Å². The van der Waals surface area contributed by atoms with E-state index in [-0.39, 0.29) is 0 Å². The second kappa shape index (κ2) is 7.19. The molecule has 4 heteroatoms. The van der Waals surface area contributed by atoms with Crippen LogP contribution in [0.25, 0.3) is 0 Å². The zero-order valence-corrected chi connectivity index (χ0v) is 12.3. The lowest BCUT2D eigenvalue weighted by molar-refractivity contribution is 0.583. The van der Waals surface area contributed by atoms with Crippen molar-refractivity contribution in [3.63, 3.8) is 0 Å². The Bertz CT molecular complexity index is 363. The third kappa shape index (κ3) is 4.90. The Kier molecular flexibility index (Phi) is 5.89. The van der Waals surface area contributed by atoms with Crippen molar-refractivity contribution in [3.05, 3.63) is 11.9 Å². The summed E-state index contributed by atoms with van der Waals surface area (Å²) in [4.78, 5) is 11.1. The summed E-state index contributed by atoms with van der Waals surface area (Å²) in [6.07, 6.45) is 2.28. The smallest absolute Gasteiger partial charge is 0.134 e. The average molecular weight is 250 g/mol. The lowest BCUT2D eigenvalue weighted by atomic mass is 10.1. The van der Waals surface area contributed by atoms with Crippen molar-refractivity contribution in [1.29, 1.82) is 0 Å². The third-order valence-corrected chi connectivity index (χ3v) is 2.81. The number of nitrogens with one attached hydrogen (secondary N) is 1. The van der Waals surface area contributed by atoms with Gasteiger partial charge >= 0.3 is 0 Å². The Hall–Kier alpha value is -1.32. The summed E-state index contributed by atoms with van der Waals surface area (Å²) in [5.41, 5.74) is 0. The fourth-order valence-electron chi connectivity index (χ4n) is 1.66. The van der Waals surface area contributed by atoms with Gasteiger partial charge in [-0.05, 0) is 25.7 Å². The minimum atomic E-state index is 0.716. The summed E-state index contributed by atoms with van der Waals surface area (Å²) in [6.45, 7) is 10.6. The lowest BCUT2D eigenvalue weighted by Gasteiger charge is -2.20. The van der Waals surface area contributed by atoms with Crippen LogP contribution < -0.4 is 10.2 Å². The summed E-state index contributed by atoms with van der Waals surface area (Å²) in [5.74, 6) is 3.47. The van der Waals surface area contributed by atoms with E-state index < -0.39 is 0 Å². The monoisotopic (exact) mass is 250 g/mol. The first-order valence-corrected chi connectivity index (χ1v) is 6.83. The summed E-state index contributed by atoms with van der Waals surface area (Å²) >= 11 is 0. The normalized spacial score (nSPS) is 10.8. The maximum atomic E-state index is 4.49. The highest BCUT2D eigenvalue weighted by atomic mass is 15.2. The van der Waals surface area contributed by atoms with Crippen LogP contribution in [-0.2, 0) is 0 Å². The Morgan fingerprint density at radius 2 is 2.06 bits per heavy atom. The van der Waals surface area contributed by atoms with Crippen molar-refractivity contribution in [1.82, 2.24) is 9.97 Å². The van der Waals surface area contributed by atoms with Crippen molar-refractivity contribution in [3.8, 4) is 0 Å². The van der Waals surface area contributed by atoms with Crippen LogP contribution in [0.3, 0.4) is 0 Å². The number of hydrogen-bond acceptors (Lipinski definition) is 4. The van der Waals surface area contributed by atoms with Crippen molar-refractivity contribution in [2.24, 2.45) is 5.92 Å². The van der Waals surface area contributed by atoms with Gasteiger partial charge in [-0.2, -0.15) is 0 Å². The maximum Gasteiger partial charge on any atom is 0.134 e. The van der Waals surface area contributed by atoms with E-state index in [0.29, 0.717) is 5.92 Å². The molecule has 0 fully saturated rings. The van der Waals surface area contributed by atoms with E-state index >= 15 is 0 Å². The zero-order chi connectivity index (χ0) is 13.5. The standard InChI is InChI=1S/C14H26N4/c1-6-8-15-13-10-14(17-12(4)16-13)18(5)9-7-11(2)3/h10-11H,6-9H2,1-5H3,(H,15,16,17). The Balaban J connectivity index is 2.71. The molecule has 102 valence electrons. The van der Waals surface area contributed by atoms with Crippen LogP contribution in [0.2, 0.25) is 0 Å². The summed E-state index contributed by atoms with van der Waals surface area (Å²) in [6, 6.07) is 2.03. The van der Waals surface area contributed by atoms with E-state index in [2.05, 4.69) is 48.0 Å². The van der Waals surface area contributed by atoms with Crippen molar-refractivity contribution < 1.29 is 0 Å². The van der Waals surface area contributed by atoms with Gasteiger partial charge in [0.2, 0.25) is 0 Å². The molecule has 0 radical (unpaired) electrons. The maximum absolute atomic E-state index is 4.49. The molecule has 1 aromatic heterocycles. The van der Waals surface area contributed by atoms with Gasteiger partial charge in [0.1, 0.15) is 17.5 Å². The molecule has 18 heavy (non-hydrogen) atoms. The van der Waals surface area contributed by atoms with E-state index in [4.69, 9.17) is 0 Å². The molecule has 0 unspecified atom stereocenters. The first-order chi connectivity index (χ1) is 8.52. The van der Waals surface area contributed by atoms with Gasteiger partial charge in [-0.3, -0.25) is 0 Å². The molecular formula is C14H26N4. The summed E-state index contributed by atoms with van der Waals surface area (Å²) < 4.78 is 0. The highest BCUT2D eigenvalue weighted by molar-refractivity contribution is 5.48. The van der Waals surface area contributed by atoms with Gasteiger partial charge < -0.3 is 10.2 Å². The number of hydrogen-bond donors (Lipinski definition) is 1. The van der Waals surface area contributed by atoms with E-state index in [0.717, 1.165) is 37.0 Å². The van der Waals surface area contributed by atoms with Gasteiger partial charge in [0.25, 0.3) is 0 Å². The summed E-state index contributed by atoms with van der Waals surface area (Å²) in [7, 11) is 2.09. The van der Waals surface area contributed by atoms with E-state index in [9.17, 15) is 0 Å². The fraction of sp³-hybridized carbons (Fsp3) is 0.714. The van der Waals surface area contributed by atoms with Crippen molar-refractivity contribution >= 4 is 11.6 Å². The molecule has 0 amide bonds. The Labute approximate surface area is 111 Å².